The Bertz CT molecular complexity index is 544. The Balaban J connectivity index is 2.10. The minimum absolute atomic E-state index is 0.0168. The summed E-state index contributed by atoms with van der Waals surface area (Å²) in [6.07, 6.45) is 3.95. The first-order valence-corrected chi connectivity index (χ1v) is 5.71. The van der Waals surface area contributed by atoms with Crippen LogP contribution >= 0.6 is 0 Å². The van der Waals surface area contributed by atoms with Gasteiger partial charge in [-0.3, -0.25) is 10.1 Å². The van der Waals surface area contributed by atoms with Gasteiger partial charge < -0.3 is 10.3 Å². The van der Waals surface area contributed by atoms with Crippen LogP contribution in [-0.4, -0.2) is 9.49 Å². The first-order chi connectivity index (χ1) is 8.56. The third kappa shape index (κ3) is 2.75. The zero-order valence-electron chi connectivity index (χ0n) is 10.1. The Morgan fingerprint density at radius 3 is 2.50 bits per heavy atom. The van der Waals surface area contributed by atoms with E-state index in [1.165, 1.54) is 12.1 Å². The highest BCUT2D eigenvalue weighted by atomic mass is 16.6. The number of aromatic nitrogens is 1. The summed E-state index contributed by atoms with van der Waals surface area (Å²) in [6, 6.07) is 8.57. The molecule has 0 fully saturated rings. The van der Waals surface area contributed by atoms with Crippen LogP contribution in [-0.2, 0) is 6.54 Å². The Kier molecular flexibility index (Phi) is 3.43. The molecule has 2 aromatic rings. The van der Waals surface area contributed by atoms with Crippen molar-refractivity contribution >= 4 is 5.69 Å². The fourth-order valence-electron chi connectivity index (χ4n) is 1.76. The minimum atomic E-state index is -0.395. The number of non-ortho nitro benzene ring substituents is 1. The maximum atomic E-state index is 10.5. The summed E-state index contributed by atoms with van der Waals surface area (Å²) in [6.45, 7) is 2.62. The molecule has 1 atom stereocenters. The normalized spacial score (nSPS) is 12.3. The lowest BCUT2D eigenvalue weighted by atomic mass is 10.2. The van der Waals surface area contributed by atoms with Crippen molar-refractivity contribution in [2.75, 3.05) is 0 Å². The SMILES string of the molecule is CC(N)c1ccn(Cc2ccc([N+](=O)[O-])cc2)c1. The number of nitrogens with zero attached hydrogens (tertiary/aromatic N) is 2. The summed E-state index contributed by atoms with van der Waals surface area (Å²) in [7, 11) is 0. The Labute approximate surface area is 105 Å². The number of nitrogens with two attached hydrogens (primary N) is 1. The summed E-state index contributed by atoms with van der Waals surface area (Å²) >= 11 is 0. The molecule has 94 valence electrons. The molecular weight excluding hydrogens is 230 g/mol. The van der Waals surface area contributed by atoms with Gasteiger partial charge in [0.15, 0.2) is 0 Å². The van der Waals surface area contributed by atoms with Crippen molar-refractivity contribution in [2.24, 2.45) is 5.73 Å². The van der Waals surface area contributed by atoms with Gasteiger partial charge in [-0.2, -0.15) is 0 Å². The lowest BCUT2D eigenvalue weighted by Crippen LogP contribution is -2.04. The van der Waals surface area contributed by atoms with Crippen molar-refractivity contribution in [2.45, 2.75) is 19.5 Å². The van der Waals surface area contributed by atoms with Crippen LogP contribution in [0.2, 0.25) is 0 Å². The van der Waals surface area contributed by atoms with Gasteiger partial charge in [-0.15, -0.1) is 0 Å². The van der Waals surface area contributed by atoms with E-state index in [-0.39, 0.29) is 11.7 Å². The first-order valence-electron chi connectivity index (χ1n) is 5.71. The fraction of sp³-hybridized carbons (Fsp3) is 0.231. The van der Waals surface area contributed by atoms with Crippen LogP contribution in [0.25, 0.3) is 0 Å². The molecule has 0 saturated carbocycles. The average Bonchev–Trinajstić information content (AvgIpc) is 2.78. The second-order valence-corrected chi connectivity index (χ2v) is 4.33. The number of nitro groups is 1. The van der Waals surface area contributed by atoms with Crippen LogP contribution in [0, 0.1) is 10.1 Å². The summed E-state index contributed by atoms with van der Waals surface area (Å²) in [4.78, 5) is 10.1. The maximum Gasteiger partial charge on any atom is 0.269 e. The standard InChI is InChI=1S/C13H15N3O2/c1-10(14)12-6-7-15(9-12)8-11-2-4-13(5-3-11)16(17)18/h2-7,9-10H,8,14H2,1H3. The van der Waals surface area contributed by atoms with Crippen LogP contribution in [0.5, 0.6) is 0 Å². The number of hydrogen-bond donors (Lipinski definition) is 1. The van der Waals surface area contributed by atoms with E-state index < -0.39 is 4.92 Å². The van der Waals surface area contributed by atoms with Crippen molar-refractivity contribution in [1.82, 2.24) is 4.57 Å². The molecule has 0 radical (unpaired) electrons. The smallest absolute Gasteiger partial charge is 0.269 e. The first kappa shape index (κ1) is 12.3. The third-order valence-electron chi connectivity index (χ3n) is 2.81. The molecule has 1 aromatic carbocycles. The van der Waals surface area contributed by atoms with E-state index in [4.69, 9.17) is 5.73 Å². The molecule has 0 saturated heterocycles. The summed E-state index contributed by atoms with van der Waals surface area (Å²) in [5.74, 6) is 0. The zero-order chi connectivity index (χ0) is 13.1. The van der Waals surface area contributed by atoms with Crippen molar-refractivity contribution in [3.05, 3.63) is 64.0 Å². The lowest BCUT2D eigenvalue weighted by molar-refractivity contribution is -0.384. The molecule has 0 aliphatic heterocycles. The number of benzene rings is 1. The van der Waals surface area contributed by atoms with Crippen LogP contribution in [0.3, 0.4) is 0 Å². The van der Waals surface area contributed by atoms with Crippen LogP contribution < -0.4 is 5.73 Å². The Morgan fingerprint density at radius 1 is 1.33 bits per heavy atom. The van der Waals surface area contributed by atoms with Gasteiger partial charge in [0.05, 0.1) is 4.92 Å². The molecule has 1 heterocycles. The van der Waals surface area contributed by atoms with Crippen molar-refractivity contribution in [3.8, 4) is 0 Å². The molecule has 2 N–H and O–H groups in total. The molecule has 1 aromatic heterocycles. The second kappa shape index (κ2) is 5.01. The van der Waals surface area contributed by atoms with Crippen LogP contribution in [0.1, 0.15) is 24.1 Å². The summed E-state index contributed by atoms with van der Waals surface area (Å²) in [5, 5.41) is 10.5. The third-order valence-corrected chi connectivity index (χ3v) is 2.81. The van der Waals surface area contributed by atoms with E-state index in [9.17, 15) is 10.1 Å². The second-order valence-electron chi connectivity index (χ2n) is 4.33. The predicted octanol–water partition coefficient (Wildman–Crippen LogP) is 2.46. The Morgan fingerprint density at radius 2 is 2.00 bits per heavy atom. The van der Waals surface area contributed by atoms with E-state index in [0.29, 0.717) is 6.54 Å². The van der Waals surface area contributed by atoms with E-state index in [2.05, 4.69) is 0 Å². The van der Waals surface area contributed by atoms with Crippen LogP contribution in [0.4, 0.5) is 5.69 Å². The van der Waals surface area contributed by atoms with E-state index >= 15 is 0 Å². The quantitative estimate of drug-likeness (QED) is 0.664. The van der Waals surface area contributed by atoms with Gasteiger partial charge >= 0.3 is 0 Å². The molecule has 0 spiro atoms. The molecule has 0 aliphatic rings. The highest BCUT2D eigenvalue weighted by molar-refractivity contribution is 5.33. The highest BCUT2D eigenvalue weighted by Gasteiger charge is 2.05. The summed E-state index contributed by atoms with van der Waals surface area (Å²) in [5.41, 5.74) is 8.00. The van der Waals surface area contributed by atoms with E-state index in [1.54, 1.807) is 12.1 Å². The maximum absolute atomic E-state index is 10.5. The van der Waals surface area contributed by atoms with Gasteiger partial charge in [0.1, 0.15) is 0 Å². The van der Waals surface area contributed by atoms with Crippen LogP contribution in [0.15, 0.2) is 42.7 Å². The number of rotatable bonds is 4. The molecule has 5 heteroatoms. The molecule has 5 nitrogen and oxygen atoms in total. The highest BCUT2D eigenvalue weighted by Crippen LogP contribution is 2.15. The van der Waals surface area contributed by atoms with Gasteiger partial charge in [-0.25, -0.2) is 0 Å². The van der Waals surface area contributed by atoms with E-state index in [0.717, 1.165) is 11.1 Å². The topological polar surface area (TPSA) is 74.1 Å². The molecule has 1 unspecified atom stereocenters. The van der Waals surface area contributed by atoms with Gasteiger partial charge in [0.2, 0.25) is 0 Å². The van der Waals surface area contributed by atoms with Gasteiger partial charge in [0, 0.05) is 37.1 Å². The summed E-state index contributed by atoms with van der Waals surface area (Å²) < 4.78 is 2.01. The van der Waals surface area contributed by atoms with Crippen molar-refractivity contribution in [1.29, 1.82) is 0 Å². The molecule has 2 rings (SSSR count). The Hall–Kier alpha value is -2.14. The van der Waals surface area contributed by atoms with E-state index in [1.807, 2.05) is 30.0 Å². The number of hydrogen-bond acceptors (Lipinski definition) is 3. The van der Waals surface area contributed by atoms with Crippen molar-refractivity contribution in [3.63, 3.8) is 0 Å². The molecule has 18 heavy (non-hydrogen) atoms. The largest absolute Gasteiger partial charge is 0.350 e. The van der Waals surface area contributed by atoms with Gasteiger partial charge in [0.25, 0.3) is 5.69 Å². The van der Waals surface area contributed by atoms with Gasteiger partial charge in [-0.1, -0.05) is 12.1 Å². The molecule has 0 bridgehead atoms. The fourth-order valence-corrected chi connectivity index (χ4v) is 1.76. The predicted molar refractivity (Wildman–Crippen MR) is 69.2 cm³/mol. The molecule has 0 amide bonds. The van der Waals surface area contributed by atoms with Crippen molar-refractivity contribution < 1.29 is 4.92 Å². The molecular formula is C13H15N3O2. The number of nitro benzene ring substituents is 1. The monoisotopic (exact) mass is 245 g/mol. The average molecular weight is 245 g/mol. The lowest BCUT2D eigenvalue weighted by Gasteiger charge is -2.04. The zero-order valence-corrected chi connectivity index (χ0v) is 10.1. The molecule has 0 aliphatic carbocycles. The minimum Gasteiger partial charge on any atom is -0.350 e. The van der Waals surface area contributed by atoms with Gasteiger partial charge in [-0.05, 0) is 24.1 Å².